The second kappa shape index (κ2) is 5.03. The Bertz CT molecular complexity index is 271. The summed E-state index contributed by atoms with van der Waals surface area (Å²) in [5.74, 6) is 1.44. The molecule has 0 aliphatic carbocycles. The van der Waals surface area contributed by atoms with Gasteiger partial charge >= 0.3 is 0 Å². The first-order chi connectivity index (χ1) is 6.08. The van der Waals surface area contributed by atoms with Gasteiger partial charge in [-0.1, -0.05) is 37.0 Å². The summed E-state index contributed by atoms with van der Waals surface area (Å²) in [5.41, 5.74) is 0. The molecule has 0 spiro atoms. The van der Waals surface area contributed by atoms with E-state index in [0.29, 0.717) is 21.4 Å². The number of thioether (sulfide) groups is 1. The quantitative estimate of drug-likeness (QED) is 0.753. The highest BCUT2D eigenvalue weighted by Crippen LogP contribution is 2.18. The Balaban J connectivity index is 2.66. The third kappa shape index (κ3) is 4.16. The minimum atomic E-state index is 0.402. The van der Waals surface area contributed by atoms with Crippen molar-refractivity contribution in [1.82, 2.24) is 9.97 Å². The van der Waals surface area contributed by atoms with E-state index in [1.807, 2.05) is 0 Å². The van der Waals surface area contributed by atoms with Gasteiger partial charge in [0, 0.05) is 6.07 Å². The Kier molecular flexibility index (Phi) is 4.29. The summed E-state index contributed by atoms with van der Waals surface area (Å²) in [4.78, 5) is 8.11. The van der Waals surface area contributed by atoms with Crippen LogP contribution in [0.4, 0.5) is 0 Å². The number of rotatable bonds is 3. The van der Waals surface area contributed by atoms with Gasteiger partial charge in [0.1, 0.15) is 16.1 Å². The van der Waals surface area contributed by atoms with Crippen LogP contribution in [0.15, 0.2) is 6.07 Å². The van der Waals surface area contributed by atoms with E-state index in [0.717, 1.165) is 5.75 Å². The maximum atomic E-state index is 5.72. The molecular weight excluding hydrogens is 227 g/mol. The predicted octanol–water partition coefficient (Wildman–Crippen LogP) is 3.43. The zero-order chi connectivity index (χ0) is 9.84. The van der Waals surface area contributed by atoms with E-state index in [1.54, 1.807) is 11.8 Å². The molecule has 0 N–H and O–H groups in total. The van der Waals surface area contributed by atoms with Crippen LogP contribution in [-0.2, 0) is 5.75 Å². The summed E-state index contributed by atoms with van der Waals surface area (Å²) in [7, 11) is 0. The van der Waals surface area contributed by atoms with Crippen LogP contribution in [0.5, 0.6) is 0 Å². The molecule has 0 amide bonds. The van der Waals surface area contributed by atoms with Gasteiger partial charge in [-0.05, 0) is 5.25 Å². The van der Waals surface area contributed by atoms with Gasteiger partial charge in [-0.25, -0.2) is 9.97 Å². The molecular formula is C8H10Cl2N2S. The molecule has 0 aliphatic rings. The number of hydrogen-bond donors (Lipinski definition) is 0. The van der Waals surface area contributed by atoms with Crippen molar-refractivity contribution < 1.29 is 0 Å². The van der Waals surface area contributed by atoms with Gasteiger partial charge in [0.05, 0.1) is 5.75 Å². The van der Waals surface area contributed by atoms with Crippen molar-refractivity contribution in [2.45, 2.75) is 24.9 Å². The highest BCUT2D eigenvalue weighted by molar-refractivity contribution is 7.99. The van der Waals surface area contributed by atoms with Gasteiger partial charge in [0.2, 0.25) is 0 Å². The Morgan fingerprint density at radius 3 is 2.31 bits per heavy atom. The fourth-order valence-electron chi connectivity index (χ4n) is 0.740. The van der Waals surface area contributed by atoms with Crippen LogP contribution in [0.3, 0.4) is 0 Å². The lowest BCUT2D eigenvalue weighted by atomic mass is 10.6. The summed E-state index contributed by atoms with van der Waals surface area (Å²) in [6.07, 6.45) is 0. The summed E-state index contributed by atoms with van der Waals surface area (Å²) < 4.78 is 0. The maximum Gasteiger partial charge on any atom is 0.141 e. The van der Waals surface area contributed by atoms with E-state index < -0.39 is 0 Å². The van der Waals surface area contributed by atoms with Crippen molar-refractivity contribution in [3.8, 4) is 0 Å². The molecule has 2 nitrogen and oxygen atoms in total. The minimum absolute atomic E-state index is 0.402. The van der Waals surface area contributed by atoms with Crippen molar-refractivity contribution >= 4 is 35.0 Å². The lowest BCUT2D eigenvalue weighted by Crippen LogP contribution is -1.96. The normalized spacial score (nSPS) is 10.8. The highest BCUT2D eigenvalue weighted by Gasteiger charge is 2.03. The van der Waals surface area contributed by atoms with E-state index in [9.17, 15) is 0 Å². The summed E-state index contributed by atoms with van der Waals surface area (Å²) in [6, 6.07) is 1.53. The van der Waals surface area contributed by atoms with Crippen LogP contribution >= 0.6 is 35.0 Å². The van der Waals surface area contributed by atoms with Crippen LogP contribution in [0, 0.1) is 0 Å². The molecule has 13 heavy (non-hydrogen) atoms. The van der Waals surface area contributed by atoms with Crippen LogP contribution in [0.2, 0.25) is 10.3 Å². The first kappa shape index (κ1) is 11.1. The fraction of sp³-hybridized carbons (Fsp3) is 0.500. The van der Waals surface area contributed by atoms with Crippen LogP contribution < -0.4 is 0 Å². The summed E-state index contributed by atoms with van der Waals surface area (Å²) >= 11 is 13.2. The molecule has 0 aromatic carbocycles. The standard InChI is InChI=1S/C8H10Cl2N2S/c1-5(2)13-4-8-11-6(9)3-7(10)12-8/h3,5H,4H2,1-2H3. The molecule has 0 fully saturated rings. The number of halogens is 2. The van der Waals surface area contributed by atoms with E-state index >= 15 is 0 Å². The Hall–Kier alpha value is 0.01000. The van der Waals surface area contributed by atoms with Gasteiger partial charge in [-0.15, -0.1) is 0 Å². The van der Waals surface area contributed by atoms with Gasteiger partial charge in [0.25, 0.3) is 0 Å². The van der Waals surface area contributed by atoms with Crippen LogP contribution in [0.1, 0.15) is 19.7 Å². The monoisotopic (exact) mass is 236 g/mol. The Morgan fingerprint density at radius 2 is 1.85 bits per heavy atom. The molecule has 0 unspecified atom stereocenters. The molecule has 0 aliphatic heterocycles. The second-order valence-corrected chi connectivity index (χ2v) is 5.13. The van der Waals surface area contributed by atoms with Gasteiger partial charge in [-0.3, -0.25) is 0 Å². The van der Waals surface area contributed by atoms with Crippen molar-refractivity contribution in [3.05, 3.63) is 22.2 Å². The molecule has 72 valence electrons. The molecule has 0 saturated heterocycles. The van der Waals surface area contributed by atoms with E-state index in [-0.39, 0.29) is 0 Å². The number of hydrogen-bond acceptors (Lipinski definition) is 3. The number of aromatic nitrogens is 2. The lowest BCUT2D eigenvalue weighted by molar-refractivity contribution is 1.02. The molecule has 0 bridgehead atoms. The predicted molar refractivity (Wildman–Crippen MR) is 58.5 cm³/mol. The molecule has 1 aromatic heterocycles. The van der Waals surface area contributed by atoms with Crippen molar-refractivity contribution in [1.29, 1.82) is 0 Å². The Morgan fingerprint density at radius 1 is 1.31 bits per heavy atom. The first-order valence-electron chi connectivity index (χ1n) is 3.88. The topological polar surface area (TPSA) is 25.8 Å². The van der Waals surface area contributed by atoms with E-state index in [2.05, 4.69) is 23.8 Å². The average Bonchev–Trinajstić information content (AvgIpc) is 1.99. The second-order valence-electron chi connectivity index (χ2n) is 2.79. The van der Waals surface area contributed by atoms with Crippen LogP contribution in [0.25, 0.3) is 0 Å². The van der Waals surface area contributed by atoms with Crippen molar-refractivity contribution in [2.75, 3.05) is 0 Å². The van der Waals surface area contributed by atoms with E-state index in [1.165, 1.54) is 6.07 Å². The molecule has 1 aromatic rings. The van der Waals surface area contributed by atoms with Gasteiger partial charge in [0.15, 0.2) is 0 Å². The molecule has 5 heteroatoms. The average molecular weight is 237 g/mol. The minimum Gasteiger partial charge on any atom is -0.220 e. The largest absolute Gasteiger partial charge is 0.220 e. The zero-order valence-electron chi connectivity index (χ0n) is 7.42. The maximum absolute atomic E-state index is 5.72. The summed E-state index contributed by atoms with van der Waals surface area (Å²) in [6.45, 7) is 4.24. The van der Waals surface area contributed by atoms with Crippen molar-refractivity contribution in [2.24, 2.45) is 0 Å². The molecule has 0 radical (unpaired) electrons. The fourth-order valence-corrected chi connectivity index (χ4v) is 1.81. The first-order valence-corrected chi connectivity index (χ1v) is 5.69. The molecule has 1 rings (SSSR count). The molecule has 0 atom stereocenters. The van der Waals surface area contributed by atoms with E-state index in [4.69, 9.17) is 23.2 Å². The van der Waals surface area contributed by atoms with Crippen LogP contribution in [-0.4, -0.2) is 15.2 Å². The smallest absolute Gasteiger partial charge is 0.141 e. The lowest BCUT2D eigenvalue weighted by Gasteiger charge is -2.03. The van der Waals surface area contributed by atoms with Crippen molar-refractivity contribution in [3.63, 3.8) is 0 Å². The molecule has 1 heterocycles. The third-order valence-corrected chi connectivity index (χ3v) is 2.73. The highest BCUT2D eigenvalue weighted by atomic mass is 35.5. The molecule has 0 saturated carbocycles. The summed E-state index contributed by atoms with van der Waals surface area (Å²) in [5, 5.41) is 1.36. The Labute approximate surface area is 92.1 Å². The SMILES string of the molecule is CC(C)SCc1nc(Cl)cc(Cl)n1. The zero-order valence-corrected chi connectivity index (χ0v) is 9.75. The third-order valence-electron chi connectivity index (χ3n) is 1.26. The number of nitrogens with zero attached hydrogens (tertiary/aromatic N) is 2. The van der Waals surface area contributed by atoms with Gasteiger partial charge in [-0.2, -0.15) is 11.8 Å². The van der Waals surface area contributed by atoms with Gasteiger partial charge < -0.3 is 0 Å².